The average molecular weight is 273 g/mol. The SMILES string of the molecule is CC1(C)CCCNC1C(=O)NCc1ncc[nH]1.Cl. The molecule has 1 saturated heterocycles. The summed E-state index contributed by atoms with van der Waals surface area (Å²) in [6, 6.07) is -0.105. The fourth-order valence-corrected chi connectivity index (χ4v) is 2.33. The number of aromatic nitrogens is 2. The normalized spacial score (nSPS) is 22.0. The summed E-state index contributed by atoms with van der Waals surface area (Å²) in [6.45, 7) is 5.65. The summed E-state index contributed by atoms with van der Waals surface area (Å²) in [5.41, 5.74) is 0.0193. The largest absolute Gasteiger partial charge is 0.348 e. The standard InChI is InChI=1S/C12H20N4O.ClH/c1-12(2)4-3-5-15-10(12)11(17)16-8-9-13-6-7-14-9;/h6-7,10,15H,3-5,8H2,1-2H3,(H,13,14)(H,16,17);1H. The Morgan fingerprint density at radius 2 is 2.39 bits per heavy atom. The maximum atomic E-state index is 12.1. The van der Waals surface area contributed by atoms with E-state index >= 15 is 0 Å². The highest BCUT2D eigenvalue weighted by atomic mass is 35.5. The van der Waals surface area contributed by atoms with E-state index in [2.05, 4.69) is 34.4 Å². The topological polar surface area (TPSA) is 69.8 Å². The van der Waals surface area contributed by atoms with Crippen LogP contribution in [0.4, 0.5) is 0 Å². The van der Waals surface area contributed by atoms with E-state index in [-0.39, 0.29) is 29.8 Å². The van der Waals surface area contributed by atoms with Gasteiger partial charge in [-0.1, -0.05) is 13.8 Å². The molecule has 1 aromatic heterocycles. The van der Waals surface area contributed by atoms with Crippen LogP contribution < -0.4 is 10.6 Å². The number of aromatic amines is 1. The second-order valence-electron chi connectivity index (χ2n) is 5.23. The van der Waals surface area contributed by atoms with Crippen LogP contribution in [-0.4, -0.2) is 28.5 Å². The summed E-state index contributed by atoms with van der Waals surface area (Å²) in [4.78, 5) is 19.1. The van der Waals surface area contributed by atoms with Gasteiger partial charge in [0.1, 0.15) is 5.82 Å². The summed E-state index contributed by atoms with van der Waals surface area (Å²) in [7, 11) is 0. The van der Waals surface area contributed by atoms with Crippen molar-refractivity contribution in [1.29, 1.82) is 0 Å². The molecule has 1 atom stereocenters. The highest BCUT2D eigenvalue weighted by Gasteiger charge is 2.36. The van der Waals surface area contributed by atoms with Gasteiger partial charge in [0.2, 0.25) is 5.91 Å². The molecule has 1 aliphatic rings. The van der Waals surface area contributed by atoms with Crippen LogP contribution in [0, 0.1) is 5.41 Å². The minimum absolute atomic E-state index is 0. The number of rotatable bonds is 3. The van der Waals surface area contributed by atoms with Gasteiger partial charge in [-0.2, -0.15) is 0 Å². The fourth-order valence-electron chi connectivity index (χ4n) is 2.33. The highest BCUT2D eigenvalue weighted by Crippen LogP contribution is 2.30. The number of carbonyl (C=O) groups is 1. The Morgan fingerprint density at radius 1 is 1.61 bits per heavy atom. The van der Waals surface area contributed by atoms with E-state index in [0.29, 0.717) is 6.54 Å². The molecule has 1 aromatic rings. The minimum atomic E-state index is -0.105. The van der Waals surface area contributed by atoms with Crippen molar-refractivity contribution < 1.29 is 4.79 Å². The van der Waals surface area contributed by atoms with Gasteiger partial charge in [0.05, 0.1) is 12.6 Å². The zero-order valence-electron chi connectivity index (χ0n) is 10.8. The molecule has 102 valence electrons. The molecule has 2 rings (SSSR count). The molecule has 18 heavy (non-hydrogen) atoms. The lowest BCUT2D eigenvalue weighted by Crippen LogP contribution is -2.55. The predicted molar refractivity (Wildman–Crippen MR) is 72.5 cm³/mol. The molecular weight excluding hydrogens is 252 g/mol. The molecule has 3 N–H and O–H groups in total. The first-order valence-corrected chi connectivity index (χ1v) is 6.09. The number of halogens is 1. The van der Waals surface area contributed by atoms with Gasteiger partial charge in [-0.3, -0.25) is 4.79 Å². The number of imidazole rings is 1. The molecule has 1 amide bonds. The molecule has 0 saturated carbocycles. The highest BCUT2D eigenvalue weighted by molar-refractivity contribution is 5.85. The molecule has 1 unspecified atom stereocenters. The van der Waals surface area contributed by atoms with Gasteiger partial charge in [0.15, 0.2) is 0 Å². The number of piperidine rings is 1. The molecule has 1 fully saturated rings. The van der Waals surface area contributed by atoms with Crippen molar-refractivity contribution in [2.45, 2.75) is 39.3 Å². The summed E-state index contributed by atoms with van der Waals surface area (Å²) in [5, 5.41) is 6.21. The van der Waals surface area contributed by atoms with Gasteiger partial charge < -0.3 is 15.6 Å². The summed E-state index contributed by atoms with van der Waals surface area (Å²) >= 11 is 0. The van der Waals surface area contributed by atoms with E-state index in [1.165, 1.54) is 0 Å². The molecular formula is C12H21ClN4O. The number of amides is 1. The lowest BCUT2D eigenvalue weighted by molar-refractivity contribution is -0.127. The van der Waals surface area contributed by atoms with Crippen molar-refractivity contribution in [3.05, 3.63) is 18.2 Å². The van der Waals surface area contributed by atoms with E-state index in [4.69, 9.17) is 0 Å². The van der Waals surface area contributed by atoms with Crippen molar-refractivity contribution in [1.82, 2.24) is 20.6 Å². The molecule has 0 bridgehead atoms. The first kappa shape index (κ1) is 15.0. The van der Waals surface area contributed by atoms with E-state index in [9.17, 15) is 4.79 Å². The smallest absolute Gasteiger partial charge is 0.238 e. The van der Waals surface area contributed by atoms with Crippen molar-refractivity contribution in [2.24, 2.45) is 5.41 Å². The minimum Gasteiger partial charge on any atom is -0.348 e. The van der Waals surface area contributed by atoms with Crippen molar-refractivity contribution in [2.75, 3.05) is 6.54 Å². The molecule has 0 aromatic carbocycles. The van der Waals surface area contributed by atoms with Gasteiger partial charge in [-0.15, -0.1) is 12.4 Å². The Hall–Kier alpha value is -1.07. The number of H-pyrrole nitrogens is 1. The molecule has 2 heterocycles. The van der Waals surface area contributed by atoms with E-state index in [1.807, 2.05) is 0 Å². The molecule has 0 aliphatic carbocycles. The molecule has 0 radical (unpaired) electrons. The van der Waals surface area contributed by atoms with E-state index < -0.39 is 0 Å². The lowest BCUT2D eigenvalue weighted by atomic mass is 9.77. The number of nitrogens with zero attached hydrogens (tertiary/aromatic N) is 1. The van der Waals surface area contributed by atoms with Crippen LogP contribution in [0.5, 0.6) is 0 Å². The zero-order chi connectivity index (χ0) is 12.3. The summed E-state index contributed by atoms with van der Waals surface area (Å²) in [5.74, 6) is 0.845. The number of hydrogen-bond donors (Lipinski definition) is 3. The van der Waals surface area contributed by atoms with Gasteiger partial charge in [0, 0.05) is 12.4 Å². The zero-order valence-corrected chi connectivity index (χ0v) is 11.6. The van der Waals surface area contributed by atoms with Crippen LogP contribution >= 0.6 is 12.4 Å². The van der Waals surface area contributed by atoms with Crippen LogP contribution in [-0.2, 0) is 11.3 Å². The monoisotopic (exact) mass is 272 g/mol. The number of nitrogens with one attached hydrogen (secondary N) is 3. The Morgan fingerprint density at radius 3 is 3.00 bits per heavy atom. The first-order chi connectivity index (χ1) is 8.09. The second kappa shape index (κ2) is 6.20. The third-order valence-electron chi connectivity index (χ3n) is 3.37. The maximum absolute atomic E-state index is 12.1. The number of hydrogen-bond acceptors (Lipinski definition) is 3. The fraction of sp³-hybridized carbons (Fsp3) is 0.667. The van der Waals surface area contributed by atoms with Gasteiger partial charge in [-0.25, -0.2) is 4.98 Å². The second-order valence-corrected chi connectivity index (χ2v) is 5.23. The van der Waals surface area contributed by atoms with E-state index in [1.54, 1.807) is 12.4 Å². The third-order valence-corrected chi connectivity index (χ3v) is 3.37. The third kappa shape index (κ3) is 3.46. The first-order valence-electron chi connectivity index (χ1n) is 6.09. The lowest BCUT2D eigenvalue weighted by Gasteiger charge is -2.38. The quantitative estimate of drug-likeness (QED) is 0.775. The van der Waals surface area contributed by atoms with Crippen molar-refractivity contribution in [3.63, 3.8) is 0 Å². The summed E-state index contributed by atoms with van der Waals surface area (Å²) < 4.78 is 0. The average Bonchev–Trinajstić information content (AvgIpc) is 2.78. The molecule has 0 spiro atoms. The Labute approximate surface area is 114 Å². The van der Waals surface area contributed by atoms with Crippen LogP contribution in [0.15, 0.2) is 12.4 Å². The Balaban J connectivity index is 0.00000162. The van der Waals surface area contributed by atoms with Crippen LogP contribution in [0.3, 0.4) is 0 Å². The molecule has 1 aliphatic heterocycles. The molecule has 6 heteroatoms. The Kier molecular flexibility index (Phi) is 5.16. The van der Waals surface area contributed by atoms with Crippen LogP contribution in [0.2, 0.25) is 0 Å². The van der Waals surface area contributed by atoms with Gasteiger partial charge in [-0.05, 0) is 24.8 Å². The predicted octanol–water partition coefficient (Wildman–Crippen LogP) is 1.23. The van der Waals surface area contributed by atoms with Crippen LogP contribution in [0.25, 0.3) is 0 Å². The molecule has 5 nitrogen and oxygen atoms in total. The number of carbonyl (C=O) groups excluding carboxylic acids is 1. The van der Waals surface area contributed by atoms with Crippen LogP contribution in [0.1, 0.15) is 32.5 Å². The van der Waals surface area contributed by atoms with Crippen molar-refractivity contribution in [3.8, 4) is 0 Å². The van der Waals surface area contributed by atoms with E-state index in [0.717, 1.165) is 25.2 Å². The van der Waals surface area contributed by atoms with Crippen molar-refractivity contribution >= 4 is 18.3 Å². The Bertz CT molecular complexity index is 377. The summed E-state index contributed by atoms with van der Waals surface area (Å²) in [6.07, 6.45) is 5.66. The van der Waals surface area contributed by atoms with Gasteiger partial charge >= 0.3 is 0 Å². The maximum Gasteiger partial charge on any atom is 0.238 e. The van der Waals surface area contributed by atoms with Gasteiger partial charge in [0.25, 0.3) is 0 Å².